The maximum absolute atomic E-state index is 13.2. The van der Waals surface area contributed by atoms with Gasteiger partial charge in [-0.25, -0.2) is 0 Å². The van der Waals surface area contributed by atoms with Gasteiger partial charge < -0.3 is 4.74 Å². The second kappa shape index (κ2) is 4.70. The van der Waals surface area contributed by atoms with Gasteiger partial charge in [-0.1, -0.05) is 15.9 Å². The van der Waals surface area contributed by atoms with Gasteiger partial charge >= 0.3 is 11.8 Å². The summed E-state index contributed by atoms with van der Waals surface area (Å²) in [6, 6.07) is 1.47. The van der Waals surface area contributed by atoms with Crippen LogP contribution >= 0.6 is 15.9 Å². The highest BCUT2D eigenvalue weighted by Gasteiger charge is 2.35. The van der Waals surface area contributed by atoms with Crippen molar-refractivity contribution in [3.63, 3.8) is 0 Å². The Balaban J connectivity index is 3.31. The predicted molar refractivity (Wildman–Crippen MR) is 52.4 cm³/mol. The van der Waals surface area contributed by atoms with Gasteiger partial charge in [0.25, 0.3) is 0 Å². The van der Waals surface area contributed by atoms with Crippen molar-refractivity contribution in [3.8, 4) is 5.75 Å². The van der Waals surface area contributed by atoms with E-state index in [-0.39, 0.29) is 4.47 Å². The Hall–Kier alpha value is -1.64. The first-order valence-corrected chi connectivity index (χ1v) is 4.73. The molecule has 0 atom stereocenters. The summed E-state index contributed by atoms with van der Waals surface area (Å²) in [7, 11) is 0. The molecule has 0 amide bonds. The topological polar surface area (TPSA) is 69.4 Å². The minimum atomic E-state index is -4.27. The SMILES string of the molecule is O=CC(F)(F)Oc1cc(Br)cc(F)c1[N+](=O)[O-]. The van der Waals surface area contributed by atoms with Crippen molar-refractivity contribution < 1.29 is 27.6 Å². The van der Waals surface area contributed by atoms with Crippen LogP contribution < -0.4 is 4.74 Å². The Morgan fingerprint density at radius 3 is 2.53 bits per heavy atom. The van der Waals surface area contributed by atoms with Gasteiger partial charge in [-0.2, -0.15) is 13.2 Å². The number of carbonyl (C=O) groups is 1. The highest BCUT2D eigenvalue weighted by Crippen LogP contribution is 2.35. The van der Waals surface area contributed by atoms with E-state index in [4.69, 9.17) is 0 Å². The van der Waals surface area contributed by atoms with Crippen molar-refractivity contribution in [1.29, 1.82) is 0 Å². The zero-order valence-electron chi connectivity index (χ0n) is 7.82. The van der Waals surface area contributed by atoms with Crippen LogP contribution in [0.25, 0.3) is 0 Å². The number of hydrogen-bond acceptors (Lipinski definition) is 4. The molecule has 0 spiro atoms. The minimum Gasteiger partial charge on any atom is -0.419 e. The average molecular weight is 314 g/mol. The standard InChI is InChI=1S/C8H3BrF3NO4/c9-4-1-5(10)7(13(15)16)6(2-4)17-8(11,12)3-14/h1-3H. The molecule has 0 radical (unpaired) electrons. The zero-order chi connectivity index (χ0) is 13.2. The van der Waals surface area contributed by atoms with Crippen molar-refractivity contribution in [1.82, 2.24) is 0 Å². The summed E-state index contributed by atoms with van der Waals surface area (Å²) in [4.78, 5) is 19.2. The van der Waals surface area contributed by atoms with Crippen LogP contribution in [-0.2, 0) is 4.79 Å². The number of nitro benzene ring substituents is 1. The molecule has 0 aromatic heterocycles. The quantitative estimate of drug-likeness (QED) is 0.487. The summed E-state index contributed by atoms with van der Waals surface area (Å²) in [5.41, 5.74) is -1.27. The third-order valence-corrected chi connectivity index (χ3v) is 2.02. The highest BCUT2D eigenvalue weighted by atomic mass is 79.9. The summed E-state index contributed by atoms with van der Waals surface area (Å²) in [6.07, 6.45) is -5.12. The Morgan fingerprint density at radius 1 is 1.47 bits per heavy atom. The molecular formula is C8H3BrF3NO4. The van der Waals surface area contributed by atoms with Crippen LogP contribution in [0.3, 0.4) is 0 Å². The first-order chi connectivity index (χ1) is 7.76. The van der Waals surface area contributed by atoms with Crippen LogP contribution in [0.15, 0.2) is 16.6 Å². The van der Waals surface area contributed by atoms with E-state index in [1.807, 2.05) is 0 Å². The smallest absolute Gasteiger partial charge is 0.419 e. The van der Waals surface area contributed by atoms with Crippen molar-refractivity contribution in [3.05, 3.63) is 32.5 Å². The largest absolute Gasteiger partial charge is 0.458 e. The fourth-order valence-electron chi connectivity index (χ4n) is 0.968. The molecule has 0 unspecified atom stereocenters. The molecule has 1 aromatic rings. The maximum atomic E-state index is 13.2. The van der Waals surface area contributed by atoms with E-state index in [1.165, 1.54) is 0 Å². The molecule has 92 valence electrons. The monoisotopic (exact) mass is 313 g/mol. The lowest BCUT2D eigenvalue weighted by molar-refractivity contribution is -0.389. The average Bonchev–Trinajstić information content (AvgIpc) is 2.14. The molecule has 0 aliphatic heterocycles. The Labute approximate surface area is 100 Å². The van der Waals surface area contributed by atoms with Crippen molar-refractivity contribution >= 4 is 27.9 Å². The van der Waals surface area contributed by atoms with Gasteiger partial charge in [0.15, 0.2) is 0 Å². The molecular weight excluding hydrogens is 311 g/mol. The number of rotatable bonds is 4. The highest BCUT2D eigenvalue weighted by molar-refractivity contribution is 9.10. The minimum absolute atomic E-state index is 0.0442. The number of nitro groups is 1. The normalized spacial score (nSPS) is 11.1. The fraction of sp³-hybridized carbons (Fsp3) is 0.125. The third-order valence-electron chi connectivity index (χ3n) is 1.56. The number of halogens is 4. The lowest BCUT2D eigenvalue weighted by Crippen LogP contribution is -2.26. The van der Waals surface area contributed by atoms with E-state index in [0.29, 0.717) is 6.07 Å². The molecule has 0 saturated carbocycles. The van der Waals surface area contributed by atoms with Crippen molar-refractivity contribution in [2.45, 2.75) is 6.11 Å². The van der Waals surface area contributed by atoms with Crippen LogP contribution in [0.1, 0.15) is 0 Å². The van der Waals surface area contributed by atoms with Gasteiger partial charge in [-0.3, -0.25) is 14.9 Å². The fourth-order valence-corrected chi connectivity index (χ4v) is 1.38. The molecule has 0 aliphatic carbocycles. The molecule has 1 aromatic carbocycles. The van der Waals surface area contributed by atoms with Gasteiger partial charge in [-0.05, 0) is 6.07 Å². The van der Waals surface area contributed by atoms with E-state index >= 15 is 0 Å². The number of hydrogen-bond donors (Lipinski definition) is 0. The van der Waals surface area contributed by atoms with Crippen LogP contribution in [-0.4, -0.2) is 17.3 Å². The van der Waals surface area contributed by atoms with Crippen LogP contribution in [0, 0.1) is 15.9 Å². The lowest BCUT2D eigenvalue weighted by atomic mass is 10.3. The summed E-state index contributed by atoms with van der Waals surface area (Å²) in [6.45, 7) is 0. The number of nitrogens with zero attached hydrogens (tertiary/aromatic N) is 1. The molecule has 0 aliphatic rings. The van der Waals surface area contributed by atoms with Gasteiger partial charge in [0, 0.05) is 10.5 Å². The van der Waals surface area contributed by atoms with E-state index in [2.05, 4.69) is 20.7 Å². The number of carbonyl (C=O) groups excluding carboxylic acids is 1. The number of benzene rings is 1. The Bertz CT molecular complexity index is 480. The first kappa shape index (κ1) is 13.4. The molecule has 5 nitrogen and oxygen atoms in total. The van der Waals surface area contributed by atoms with Gasteiger partial charge in [0.05, 0.1) is 4.92 Å². The summed E-state index contributed by atoms with van der Waals surface area (Å²) < 4.78 is 42.1. The van der Waals surface area contributed by atoms with Gasteiger partial charge in [-0.15, -0.1) is 0 Å². The van der Waals surface area contributed by atoms with Gasteiger partial charge in [0.1, 0.15) is 0 Å². The second-order valence-electron chi connectivity index (χ2n) is 2.77. The number of aldehydes is 1. The number of ether oxygens (including phenoxy) is 1. The van der Waals surface area contributed by atoms with Crippen LogP contribution in [0.5, 0.6) is 5.75 Å². The van der Waals surface area contributed by atoms with E-state index in [1.54, 1.807) is 0 Å². The zero-order valence-corrected chi connectivity index (χ0v) is 9.41. The summed E-state index contributed by atoms with van der Waals surface area (Å²) in [5, 5.41) is 10.5. The number of alkyl halides is 2. The molecule has 0 bridgehead atoms. The Kier molecular flexibility index (Phi) is 3.71. The maximum Gasteiger partial charge on any atom is 0.458 e. The molecule has 1 rings (SSSR count). The van der Waals surface area contributed by atoms with Crippen molar-refractivity contribution in [2.75, 3.05) is 0 Å². The molecule has 0 fully saturated rings. The Morgan fingerprint density at radius 2 is 2.06 bits per heavy atom. The third kappa shape index (κ3) is 3.16. The van der Waals surface area contributed by atoms with E-state index in [9.17, 15) is 28.1 Å². The van der Waals surface area contributed by atoms with Crippen LogP contribution in [0.2, 0.25) is 0 Å². The van der Waals surface area contributed by atoms with E-state index in [0.717, 1.165) is 6.07 Å². The molecule has 9 heteroatoms. The van der Waals surface area contributed by atoms with Crippen molar-refractivity contribution in [2.24, 2.45) is 0 Å². The molecule has 0 N–H and O–H groups in total. The first-order valence-electron chi connectivity index (χ1n) is 3.93. The molecule has 0 heterocycles. The van der Waals surface area contributed by atoms with E-state index < -0.39 is 34.6 Å². The second-order valence-corrected chi connectivity index (χ2v) is 3.69. The summed E-state index contributed by atoms with van der Waals surface area (Å²) in [5.74, 6) is -2.40. The van der Waals surface area contributed by atoms with Crippen LogP contribution in [0.4, 0.5) is 18.9 Å². The lowest BCUT2D eigenvalue weighted by Gasteiger charge is -2.12. The molecule has 0 saturated heterocycles. The summed E-state index contributed by atoms with van der Waals surface area (Å²) >= 11 is 2.75. The molecule has 17 heavy (non-hydrogen) atoms. The van der Waals surface area contributed by atoms with Gasteiger partial charge in [0.2, 0.25) is 17.9 Å². The predicted octanol–water partition coefficient (Wildman–Crippen LogP) is 2.67.